The van der Waals surface area contributed by atoms with Crippen molar-refractivity contribution in [3.63, 3.8) is 0 Å². The van der Waals surface area contributed by atoms with Crippen LogP contribution in [0.5, 0.6) is 5.75 Å². The Morgan fingerprint density at radius 2 is 1.90 bits per heavy atom. The lowest BCUT2D eigenvalue weighted by Crippen LogP contribution is -2.38. The molecule has 0 spiro atoms. The van der Waals surface area contributed by atoms with E-state index >= 15 is 0 Å². The third-order valence-electron chi connectivity index (χ3n) is 5.40. The molecule has 4 rings (SSSR count). The first-order chi connectivity index (χ1) is 14.6. The molecule has 1 atom stereocenters. The standard InChI is InChI=1S/C22H29N3O4S/c26-30(27)22-8-7-19(23-9-4-10-25-11-13-28-14-12-25)16-21(22)29-17-20(24-30)15-18-5-2-1-3-6-18/h1-3,5-8,16,20,23-24H,4,9-15,17H2/t20-/m0/s1. The molecule has 8 heteroatoms. The van der Waals surface area contributed by atoms with Crippen LogP contribution in [0.15, 0.2) is 53.4 Å². The van der Waals surface area contributed by atoms with Gasteiger partial charge in [-0.25, -0.2) is 13.1 Å². The fourth-order valence-corrected chi connectivity index (χ4v) is 5.17. The van der Waals surface area contributed by atoms with Crippen LogP contribution in [0.2, 0.25) is 0 Å². The first-order valence-corrected chi connectivity index (χ1v) is 12.0. The van der Waals surface area contributed by atoms with Crippen molar-refractivity contribution < 1.29 is 17.9 Å². The van der Waals surface area contributed by atoms with Crippen molar-refractivity contribution in [3.8, 4) is 5.75 Å². The molecule has 0 bridgehead atoms. The van der Waals surface area contributed by atoms with Gasteiger partial charge in [0.05, 0.1) is 19.3 Å². The van der Waals surface area contributed by atoms with Crippen LogP contribution < -0.4 is 14.8 Å². The van der Waals surface area contributed by atoms with E-state index in [1.165, 1.54) is 0 Å². The minimum atomic E-state index is -3.63. The maximum atomic E-state index is 12.8. The molecule has 0 saturated carbocycles. The number of anilines is 1. The minimum absolute atomic E-state index is 0.192. The Bertz CT molecular complexity index is 931. The molecule has 2 aromatic rings. The molecule has 1 saturated heterocycles. The zero-order chi connectivity index (χ0) is 20.8. The fraction of sp³-hybridized carbons (Fsp3) is 0.455. The van der Waals surface area contributed by atoms with Crippen LogP contribution in [-0.4, -0.2) is 65.4 Å². The first kappa shape index (κ1) is 21.1. The smallest absolute Gasteiger partial charge is 0.244 e. The minimum Gasteiger partial charge on any atom is -0.490 e. The molecule has 2 aliphatic heterocycles. The van der Waals surface area contributed by atoms with Gasteiger partial charge >= 0.3 is 0 Å². The summed E-state index contributed by atoms with van der Waals surface area (Å²) in [5.74, 6) is 0.399. The maximum Gasteiger partial charge on any atom is 0.244 e. The highest BCUT2D eigenvalue weighted by atomic mass is 32.2. The molecular weight excluding hydrogens is 402 g/mol. The zero-order valence-electron chi connectivity index (χ0n) is 17.0. The van der Waals surface area contributed by atoms with E-state index in [0.717, 1.165) is 57.1 Å². The Morgan fingerprint density at radius 3 is 2.70 bits per heavy atom. The molecule has 0 aliphatic carbocycles. The molecule has 2 aromatic carbocycles. The van der Waals surface area contributed by atoms with Crippen molar-refractivity contribution in [1.29, 1.82) is 0 Å². The number of morpholine rings is 1. The summed E-state index contributed by atoms with van der Waals surface area (Å²) >= 11 is 0. The quantitative estimate of drug-likeness (QED) is 0.654. The van der Waals surface area contributed by atoms with E-state index in [0.29, 0.717) is 18.8 Å². The number of ether oxygens (including phenoxy) is 2. The van der Waals surface area contributed by atoms with E-state index < -0.39 is 10.0 Å². The van der Waals surface area contributed by atoms with Gasteiger partial charge in [0.25, 0.3) is 0 Å². The molecule has 0 unspecified atom stereocenters. The van der Waals surface area contributed by atoms with Crippen LogP contribution in [0.25, 0.3) is 0 Å². The van der Waals surface area contributed by atoms with E-state index in [2.05, 4.69) is 14.9 Å². The lowest BCUT2D eigenvalue weighted by atomic mass is 10.1. The third kappa shape index (κ3) is 5.51. The van der Waals surface area contributed by atoms with E-state index in [9.17, 15) is 8.42 Å². The number of hydrogen-bond donors (Lipinski definition) is 2. The summed E-state index contributed by atoms with van der Waals surface area (Å²) in [6.45, 7) is 5.73. The Labute approximate surface area is 178 Å². The molecule has 162 valence electrons. The topological polar surface area (TPSA) is 79.9 Å². The van der Waals surface area contributed by atoms with Crippen LogP contribution in [0.4, 0.5) is 5.69 Å². The summed E-state index contributed by atoms with van der Waals surface area (Å²) in [6, 6.07) is 14.7. The molecule has 7 nitrogen and oxygen atoms in total. The van der Waals surface area contributed by atoms with E-state index in [1.54, 1.807) is 18.2 Å². The van der Waals surface area contributed by atoms with E-state index in [-0.39, 0.29) is 10.9 Å². The third-order valence-corrected chi connectivity index (χ3v) is 6.96. The second kappa shape index (κ2) is 9.78. The van der Waals surface area contributed by atoms with Crippen LogP contribution in [0.1, 0.15) is 12.0 Å². The number of benzene rings is 2. The summed E-state index contributed by atoms with van der Waals surface area (Å²) < 4.78 is 39.7. The largest absolute Gasteiger partial charge is 0.490 e. The Balaban J connectivity index is 1.35. The molecule has 2 aliphatic rings. The second-order valence-corrected chi connectivity index (χ2v) is 9.40. The number of nitrogens with one attached hydrogen (secondary N) is 2. The van der Waals surface area contributed by atoms with Gasteiger partial charge in [0, 0.05) is 31.4 Å². The fourth-order valence-electron chi connectivity index (χ4n) is 3.82. The Kier molecular flexibility index (Phi) is 6.89. The summed E-state index contributed by atoms with van der Waals surface area (Å²) in [7, 11) is -3.63. The maximum absolute atomic E-state index is 12.8. The number of rotatable bonds is 7. The van der Waals surface area contributed by atoms with Gasteiger partial charge in [-0.05, 0) is 37.1 Å². The number of fused-ring (bicyclic) bond motifs is 1. The van der Waals surface area contributed by atoms with Crippen molar-refractivity contribution in [2.45, 2.75) is 23.8 Å². The van der Waals surface area contributed by atoms with Crippen molar-refractivity contribution in [3.05, 3.63) is 54.1 Å². The number of sulfonamides is 1. The van der Waals surface area contributed by atoms with Gasteiger partial charge in [0.2, 0.25) is 10.0 Å². The molecule has 2 heterocycles. The molecule has 0 radical (unpaired) electrons. The summed E-state index contributed by atoms with van der Waals surface area (Å²) in [5.41, 5.74) is 1.94. The predicted molar refractivity (Wildman–Crippen MR) is 117 cm³/mol. The van der Waals surface area contributed by atoms with E-state index in [1.807, 2.05) is 30.3 Å². The van der Waals surface area contributed by atoms with Crippen molar-refractivity contribution >= 4 is 15.7 Å². The van der Waals surface area contributed by atoms with Gasteiger partial charge in [-0.1, -0.05) is 30.3 Å². The SMILES string of the molecule is O=S1(=O)N[C@@H](Cc2ccccc2)COc2cc(NCCCN3CCOCC3)ccc21. The summed E-state index contributed by atoms with van der Waals surface area (Å²) in [4.78, 5) is 2.59. The van der Waals surface area contributed by atoms with Crippen LogP contribution in [0.3, 0.4) is 0 Å². The summed E-state index contributed by atoms with van der Waals surface area (Å²) in [6.07, 6.45) is 1.59. The van der Waals surface area contributed by atoms with Crippen molar-refractivity contribution in [2.75, 3.05) is 51.3 Å². The predicted octanol–water partition coefficient (Wildman–Crippen LogP) is 2.10. The number of nitrogens with zero attached hydrogens (tertiary/aromatic N) is 1. The van der Waals surface area contributed by atoms with Gasteiger partial charge in [0.1, 0.15) is 17.3 Å². The molecule has 2 N–H and O–H groups in total. The van der Waals surface area contributed by atoms with Crippen molar-refractivity contribution in [1.82, 2.24) is 9.62 Å². The lowest BCUT2D eigenvalue weighted by Gasteiger charge is -2.26. The summed E-state index contributed by atoms with van der Waals surface area (Å²) in [5, 5.41) is 3.38. The van der Waals surface area contributed by atoms with Crippen molar-refractivity contribution in [2.24, 2.45) is 0 Å². The molecule has 1 fully saturated rings. The first-order valence-electron chi connectivity index (χ1n) is 10.5. The average molecular weight is 432 g/mol. The molecule has 0 aromatic heterocycles. The Hall–Kier alpha value is -2.13. The highest BCUT2D eigenvalue weighted by Crippen LogP contribution is 2.30. The van der Waals surface area contributed by atoms with Gasteiger partial charge in [0.15, 0.2) is 0 Å². The van der Waals surface area contributed by atoms with Gasteiger partial charge < -0.3 is 14.8 Å². The van der Waals surface area contributed by atoms with Crippen LogP contribution in [0, 0.1) is 0 Å². The van der Waals surface area contributed by atoms with E-state index in [4.69, 9.17) is 9.47 Å². The molecule has 0 amide bonds. The average Bonchev–Trinajstić information content (AvgIpc) is 2.88. The lowest BCUT2D eigenvalue weighted by molar-refractivity contribution is 0.0378. The monoisotopic (exact) mass is 431 g/mol. The van der Waals surface area contributed by atoms with Gasteiger partial charge in [-0.15, -0.1) is 0 Å². The number of hydrogen-bond acceptors (Lipinski definition) is 6. The van der Waals surface area contributed by atoms with Gasteiger partial charge in [-0.2, -0.15) is 0 Å². The second-order valence-electron chi connectivity index (χ2n) is 7.71. The molecular formula is C22H29N3O4S. The highest BCUT2D eigenvalue weighted by Gasteiger charge is 2.28. The Morgan fingerprint density at radius 1 is 1.10 bits per heavy atom. The zero-order valence-corrected chi connectivity index (χ0v) is 17.9. The van der Waals surface area contributed by atoms with Crippen LogP contribution in [-0.2, 0) is 21.2 Å². The van der Waals surface area contributed by atoms with Crippen LogP contribution >= 0.6 is 0 Å². The molecule has 30 heavy (non-hydrogen) atoms. The highest BCUT2D eigenvalue weighted by molar-refractivity contribution is 7.89. The normalized spacial score (nSPS) is 21.3. The van der Waals surface area contributed by atoms with Gasteiger partial charge in [-0.3, -0.25) is 4.90 Å².